The van der Waals surface area contributed by atoms with Crippen molar-refractivity contribution in [3.05, 3.63) is 69.0 Å². The number of anilines is 3. The topological polar surface area (TPSA) is 132 Å². The lowest BCUT2D eigenvalue weighted by Crippen LogP contribution is -2.45. The van der Waals surface area contributed by atoms with Crippen LogP contribution in [0.1, 0.15) is 19.8 Å². The zero-order valence-electron chi connectivity index (χ0n) is 20.0. The molecule has 0 aromatic heterocycles. The van der Waals surface area contributed by atoms with E-state index in [1.807, 2.05) is 36.4 Å². The van der Waals surface area contributed by atoms with E-state index >= 15 is 0 Å². The van der Waals surface area contributed by atoms with Gasteiger partial charge in [-0.25, -0.2) is 9.59 Å². The van der Waals surface area contributed by atoms with Crippen LogP contribution in [0.2, 0.25) is 0 Å². The molecule has 1 atom stereocenters. The lowest BCUT2D eigenvalue weighted by Gasteiger charge is -2.17. The number of nitrogens with one attached hydrogen (secondary N) is 3. The van der Waals surface area contributed by atoms with Gasteiger partial charge in [0.25, 0.3) is 10.9 Å². The van der Waals surface area contributed by atoms with E-state index in [9.17, 15) is 19.2 Å². The van der Waals surface area contributed by atoms with Crippen molar-refractivity contribution in [1.82, 2.24) is 5.32 Å². The molecule has 3 aromatic carbocycles. The van der Waals surface area contributed by atoms with Gasteiger partial charge in [0.15, 0.2) is 6.04 Å². The van der Waals surface area contributed by atoms with Gasteiger partial charge < -0.3 is 30.2 Å². The quantitative estimate of drug-likeness (QED) is 0.272. The predicted octanol–water partition coefficient (Wildman–Crippen LogP) is 2.93. The summed E-state index contributed by atoms with van der Waals surface area (Å²) in [5.41, 5.74) is 2.11. The molecule has 188 valence electrons. The molecule has 1 saturated carbocycles. The molecule has 1 fully saturated rings. The van der Waals surface area contributed by atoms with E-state index in [0.717, 1.165) is 24.0 Å². The molecule has 36 heavy (non-hydrogen) atoms. The molecule has 0 unspecified atom stereocenters. The second kappa shape index (κ2) is 10.9. The van der Waals surface area contributed by atoms with Crippen LogP contribution >= 0.6 is 0 Å². The molecule has 4 rings (SSSR count). The highest BCUT2D eigenvalue weighted by atomic mass is 16.6. The van der Waals surface area contributed by atoms with Crippen LogP contribution in [0.3, 0.4) is 0 Å². The first-order valence-corrected chi connectivity index (χ1v) is 11.6. The molecule has 3 N–H and O–H groups in total. The van der Waals surface area contributed by atoms with Gasteiger partial charge in [0, 0.05) is 11.7 Å². The van der Waals surface area contributed by atoms with Gasteiger partial charge in [-0.3, -0.25) is 9.59 Å². The molecule has 10 nitrogen and oxygen atoms in total. The maximum atomic E-state index is 12.1. The van der Waals surface area contributed by atoms with Gasteiger partial charge in [-0.15, -0.1) is 0 Å². The van der Waals surface area contributed by atoms with E-state index in [1.54, 1.807) is 19.1 Å². The second-order valence-electron chi connectivity index (χ2n) is 8.31. The molecule has 1 aliphatic rings. The molecule has 0 bridgehead atoms. The smallest absolute Gasteiger partial charge is 0.407 e. The standard InChI is InChI=1S/C26H27N3O7/c1-3-35-26(33)29-20(25(32)34-2)14-36-19-11-7-15(8-12-19)16-5-4-6-18(13-16)28-22-21(23(30)24(22)31)27-17-9-10-17/h4-8,11-13,17,20,27-28H,3,9-10,14H2,1-2H3,(H,29,33)/t20-/m0/s1. The summed E-state index contributed by atoms with van der Waals surface area (Å²) in [6.07, 6.45) is 1.26. The maximum Gasteiger partial charge on any atom is 0.407 e. The molecular formula is C26H27N3O7. The van der Waals surface area contributed by atoms with Crippen molar-refractivity contribution in [2.45, 2.75) is 31.8 Å². The number of amides is 1. The van der Waals surface area contributed by atoms with Crippen LogP contribution < -0.4 is 31.5 Å². The Kier molecular flexibility index (Phi) is 7.53. The third-order valence-electron chi connectivity index (χ3n) is 5.63. The minimum absolute atomic E-state index is 0.136. The molecule has 0 radical (unpaired) electrons. The van der Waals surface area contributed by atoms with Gasteiger partial charge in [-0.2, -0.15) is 0 Å². The Morgan fingerprint density at radius 1 is 1.00 bits per heavy atom. The number of hydrogen-bond donors (Lipinski definition) is 3. The largest absolute Gasteiger partial charge is 0.491 e. The van der Waals surface area contributed by atoms with Crippen molar-refractivity contribution < 1.29 is 23.8 Å². The SMILES string of the molecule is CCOC(=O)N[C@@H](COc1ccc(-c2cccc(Nc3c(NC4CC4)c(=O)c3=O)c2)cc1)C(=O)OC. The Bertz CT molecular complexity index is 1310. The van der Waals surface area contributed by atoms with E-state index < -0.39 is 29.0 Å². The number of carbonyl (C=O) groups is 2. The van der Waals surface area contributed by atoms with Crippen LogP contribution in [0.5, 0.6) is 5.75 Å². The third kappa shape index (κ3) is 5.83. The van der Waals surface area contributed by atoms with Crippen LogP contribution in [0.4, 0.5) is 21.9 Å². The van der Waals surface area contributed by atoms with Crippen LogP contribution in [-0.4, -0.2) is 44.5 Å². The molecule has 0 heterocycles. The van der Waals surface area contributed by atoms with Crippen molar-refractivity contribution in [1.29, 1.82) is 0 Å². The van der Waals surface area contributed by atoms with E-state index in [0.29, 0.717) is 22.8 Å². The lowest BCUT2D eigenvalue weighted by molar-refractivity contribution is -0.143. The van der Waals surface area contributed by atoms with E-state index in [2.05, 4.69) is 16.0 Å². The highest BCUT2D eigenvalue weighted by molar-refractivity contribution is 5.82. The van der Waals surface area contributed by atoms with Gasteiger partial charge in [0.2, 0.25) is 0 Å². The fourth-order valence-corrected chi connectivity index (χ4v) is 3.55. The predicted molar refractivity (Wildman–Crippen MR) is 135 cm³/mol. The van der Waals surface area contributed by atoms with E-state index in [-0.39, 0.29) is 19.3 Å². The molecule has 0 aliphatic heterocycles. The minimum Gasteiger partial charge on any atom is -0.491 e. The summed E-state index contributed by atoms with van der Waals surface area (Å²) >= 11 is 0. The first-order valence-electron chi connectivity index (χ1n) is 11.6. The fourth-order valence-electron chi connectivity index (χ4n) is 3.55. The number of carbonyl (C=O) groups excluding carboxylic acids is 2. The lowest BCUT2D eigenvalue weighted by atomic mass is 10.0. The number of rotatable bonds is 11. The molecule has 0 saturated heterocycles. The fraction of sp³-hybridized carbons (Fsp3) is 0.308. The number of benzene rings is 2. The summed E-state index contributed by atoms with van der Waals surface area (Å²) in [4.78, 5) is 47.6. The van der Waals surface area contributed by atoms with Crippen LogP contribution in [0, 0.1) is 0 Å². The van der Waals surface area contributed by atoms with Crippen LogP contribution in [0.15, 0.2) is 58.1 Å². The molecule has 1 aliphatic carbocycles. The van der Waals surface area contributed by atoms with Gasteiger partial charge >= 0.3 is 12.1 Å². The van der Waals surface area contributed by atoms with Gasteiger partial charge in [-0.05, 0) is 55.2 Å². The first kappa shape index (κ1) is 24.8. The number of alkyl carbamates (subject to hydrolysis) is 1. The van der Waals surface area contributed by atoms with Crippen LogP contribution in [-0.2, 0) is 14.3 Å². The normalized spacial score (nSPS) is 13.5. The Morgan fingerprint density at radius 2 is 1.72 bits per heavy atom. The Hall–Kier alpha value is -4.34. The number of esters is 1. The Morgan fingerprint density at radius 3 is 2.39 bits per heavy atom. The average Bonchev–Trinajstić information content (AvgIpc) is 3.73. The van der Waals surface area contributed by atoms with Gasteiger partial charge in [0.1, 0.15) is 23.7 Å². The summed E-state index contributed by atoms with van der Waals surface area (Å²) in [5.74, 6) is -0.159. The van der Waals surface area contributed by atoms with E-state index in [4.69, 9.17) is 14.2 Å². The summed E-state index contributed by atoms with van der Waals surface area (Å²) in [6, 6.07) is 13.9. The Labute approximate surface area is 207 Å². The molecule has 0 spiro atoms. The maximum absolute atomic E-state index is 12.1. The molecular weight excluding hydrogens is 466 g/mol. The van der Waals surface area contributed by atoms with Crippen molar-refractivity contribution in [2.75, 3.05) is 31.0 Å². The number of ether oxygens (including phenoxy) is 3. The highest BCUT2D eigenvalue weighted by Gasteiger charge is 2.28. The number of hydrogen-bond acceptors (Lipinski definition) is 9. The van der Waals surface area contributed by atoms with Crippen molar-refractivity contribution >= 4 is 29.1 Å². The zero-order valence-corrected chi connectivity index (χ0v) is 20.0. The van der Waals surface area contributed by atoms with Crippen molar-refractivity contribution in [3.8, 4) is 16.9 Å². The van der Waals surface area contributed by atoms with Crippen molar-refractivity contribution in [2.24, 2.45) is 0 Å². The molecule has 3 aromatic rings. The summed E-state index contributed by atoms with van der Waals surface area (Å²) in [7, 11) is 1.22. The second-order valence-corrected chi connectivity index (χ2v) is 8.31. The summed E-state index contributed by atoms with van der Waals surface area (Å²) < 4.78 is 15.2. The van der Waals surface area contributed by atoms with E-state index in [1.165, 1.54) is 7.11 Å². The summed E-state index contributed by atoms with van der Waals surface area (Å²) in [6.45, 7) is 1.69. The third-order valence-corrected chi connectivity index (χ3v) is 5.63. The molecule has 1 amide bonds. The monoisotopic (exact) mass is 493 g/mol. The first-order chi connectivity index (χ1) is 17.4. The van der Waals surface area contributed by atoms with Crippen molar-refractivity contribution in [3.63, 3.8) is 0 Å². The van der Waals surface area contributed by atoms with Crippen LogP contribution in [0.25, 0.3) is 11.1 Å². The molecule has 10 heteroatoms. The highest BCUT2D eigenvalue weighted by Crippen LogP contribution is 2.30. The zero-order chi connectivity index (χ0) is 25.7. The van der Waals surface area contributed by atoms with Gasteiger partial charge in [0.05, 0.1) is 13.7 Å². The average molecular weight is 494 g/mol. The minimum atomic E-state index is -1.02. The summed E-state index contributed by atoms with van der Waals surface area (Å²) in [5, 5.41) is 8.59. The van der Waals surface area contributed by atoms with Gasteiger partial charge in [-0.1, -0.05) is 24.3 Å². The Balaban J connectivity index is 1.40. The number of methoxy groups -OCH3 is 1.